The molecular formula is C21H22N4O3. The number of hydrogen-bond donors (Lipinski definition) is 2. The molecule has 1 heterocycles. The Bertz CT molecular complexity index is 915. The Labute approximate surface area is 163 Å². The summed E-state index contributed by atoms with van der Waals surface area (Å²) in [6.07, 6.45) is 3.77. The molecule has 0 saturated heterocycles. The van der Waals surface area contributed by atoms with E-state index in [4.69, 9.17) is 9.47 Å². The van der Waals surface area contributed by atoms with Crippen LogP contribution in [0, 0.1) is 0 Å². The predicted octanol–water partition coefficient (Wildman–Crippen LogP) is 3.40. The van der Waals surface area contributed by atoms with Gasteiger partial charge in [0.05, 0.1) is 19.8 Å². The summed E-state index contributed by atoms with van der Waals surface area (Å²) in [5.74, 6) is 1.62. The summed E-state index contributed by atoms with van der Waals surface area (Å²) in [6, 6.07) is 15.1. The molecular weight excluding hydrogens is 356 g/mol. The van der Waals surface area contributed by atoms with E-state index in [0.29, 0.717) is 29.6 Å². The molecule has 0 aliphatic carbocycles. The summed E-state index contributed by atoms with van der Waals surface area (Å²) < 4.78 is 10.6. The third-order valence-corrected chi connectivity index (χ3v) is 4.09. The van der Waals surface area contributed by atoms with Crippen LogP contribution in [-0.4, -0.2) is 36.6 Å². The normalized spacial score (nSPS) is 10.2. The van der Waals surface area contributed by atoms with Gasteiger partial charge in [0.15, 0.2) is 11.5 Å². The molecule has 0 bridgehead atoms. The zero-order valence-electron chi connectivity index (χ0n) is 15.8. The first-order chi connectivity index (χ1) is 13.7. The van der Waals surface area contributed by atoms with E-state index in [9.17, 15) is 4.79 Å². The van der Waals surface area contributed by atoms with Gasteiger partial charge in [0.25, 0.3) is 5.91 Å². The van der Waals surface area contributed by atoms with E-state index in [-0.39, 0.29) is 5.91 Å². The Morgan fingerprint density at radius 1 is 0.964 bits per heavy atom. The lowest BCUT2D eigenvalue weighted by atomic mass is 10.1. The van der Waals surface area contributed by atoms with E-state index in [1.54, 1.807) is 14.2 Å². The monoisotopic (exact) mass is 378 g/mol. The van der Waals surface area contributed by atoms with Crippen molar-refractivity contribution in [1.82, 2.24) is 9.97 Å². The average molecular weight is 378 g/mol. The number of methoxy groups -OCH3 is 2. The zero-order chi connectivity index (χ0) is 19.8. The number of amides is 1. The smallest absolute Gasteiger partial charge is 0.258 e. The largest absolute Gasteiger partial charge is 0.493 e. The predicted molar refractivity (Wildman–Crippen MR) is 108 cm³/mol. The van der Waals surface area contributed by atoms with Gasteiger partial charge < -0.3 is 20.1 Å². The fourth-order valence-electron chi connectivity index (χ4n) is 2.62. The first kappa shape index (κ1) is 19.2. The number of ether oxygens (including phenoxy) is 2. The number of aromatic nitrogens is 2. The Morgan fingerprint density at radius 2 is 1.68 bits per heavy atom. The quantitative estimate of drug-likeness (QED) is 0.625. The third-order valence-electron chi connectivity index (χ3n) is 4.09. The highest BCUT2D eigenvalue weighted by molar-refractivity contribution is 6.03. The lowest BCUT2D eigenvalue weighted by Gasteiger charge is -2.10. The minimum Gasteiger partial charge on any atom is -0.493 e. The molecule has 0 aliphatic rings. The van der Waals surface area contributed by atoms with Gasteiger partial charge in [0.2, 0.25) is 5.95 Å². The number of carbonyl (C=O) groups excluding carboxylic acids is 1. The molecule has 0 fully saturated rings. The SMILES string of the molecule is COc1ccc(CCNc2ncc(C(=O)Nc3ccccc3)cn2)cc1OC. The molecule has 1 amide bonds. The summed E-state index contributed by atoms with van der Waals surface area (Å²) in [7, 11) is 3.23. The van der Waals surface area contributed by atoms with Gasteiger partial charge in [0, 0.05) is 24.6 Å². The van der Waals surface area contributed by atoms with Crippen LogP contribution in [0.4, 0.5) is 11.6 Å². The van der Waals surface area contributed by atoms with Crippen LogP contribution in [0.25, 0.3) is 0 Å². The van der Waals surface area contributed by atoms with Gasteiger partial charge in [-0.3, -0.25) is 4.79 Å². The van der Waals surface area contributed by atoms with Crippen LogP contribution >= 0.6 is 0 Å². The first-order valence-electron chi connectivity index (χ1n) is 8.83. The van der Waals surface area contributed by atoms with Gasteiger partial charge in [-0.25, -0.2) is 9.97 Å². The zero-order valence-corrected chi connectivity index (χ0v) is 15.8. The van der Waals surface area contributed by atoms with Crippen molar-refractivity contribution < 1.29 is 14.3 Å². The van der Waals surface area contributed by atoms with E-state index >= 15 is 0 Å². The lowest BCUT2D eigenvalue weighted by Crippen LogP contribution is -2.14. The average Bonchev–Trinajstić information content (AvgIpc) is 2.74. The minimum atomic E-state index is -0.247. The summed E-state index contributed by atoms with van der Waals surface area (Å²) in [6.45, 7) is 0.644. The molecule has 2 aromatic carbocycles. The molecule has 0 saturated carbocycles. The van der Waals surface area contributed by atoms with E-state index in [1.807, 2.05) is 48.5 Å². The van der Waals surface area contributed by atoms with Crippen molar-refractivity contribution in [2.75, 3.05) is 31.4 Å². The number of nitrogens with zero attached hydrogens (tertiary/aromatic N) is 2. The van der Waals surface area contributed by atoms with Crippen LogP contribution < -0.4 is 20.1 Å². The van der Waals surface area contributed by atoms with Crippen LogP contribution in [0.3, 0.4) is 0 Å². The lowest BCUT2D eigenvalue weighted by molar-refractivity contribution is 0.102. The number of rotatable bonds is 8. The summed E-state index contributed by atoms with van der Waals surface area (Å²) in [5.41, 5.74) is 2.22. The molecule has 1 aromatic heterocycles. The molecule has 3 rings (SSSR count). The van der Waals surface area contributed by atoms with Crippen LogP contribution in [0.2, 0.25) is 0 Å². The topological polar surface area (TPSA) is 85.4 Å². The molecule has 2 N–H and O–H groups in total. The second kappa shape index (κ2) is 9.36. The highest BCUT2D eigenvalue weighted by Gasteiger charge is 2.08. The maximum Gasteiger partial charge on any atom is 0.258 e. The van der Waals surface area contributed by atoms with Gasteiger partial charge in [-0.2, -0.15) is 0 Å². The van der Waals surface area contributed by atoms with Gasteiger partial charge in [-0.05, 0) is 36.2 Å². The molecule has 144 valence electrons. The van der Waals surface area contributed by atoms with Crippen molar-refractivity contribution in [2.45, 2.75) is 6.42 Å². The fraction of sp³-hybridized carbons (Fsp3) is 0.190. The van der Waals surface area contributed by atoms with Crippen molar-refractivity contribution in [3.63, 3.8) is 0 Å². The number of hydrogen-bond acceptors (Lipinski definition) is 6. The molecule has 0 unspecified atom stereocenters. The van der Waals surface area contributed by atoms with Gasteiger partial charge >= 0.3 is 0 Å². The van der Waals surface area contributed by atoms with Gasteiger partial charge in [0.1, 0.15) is 0 Å². The molecule has 7 nitrogen and oxygen atoms in total. The molecule has 0 radical (unpaired) electrons. The van der Waals surface area contributed by atoms with Crippen molar-refractivity contribution in [3.8, 4) is 11.5 Å². The maximum absolute atomic E-state index is 12.2. The molecule has 3 aromatic rings. The van der Waals surface area contributed by atoms with Crippen LogP contribution in [0.15, 0.2) is 60.9 Å². The maximum atomic E-state index is 12.2. The number of anilines is 2. The van der Waals surface area contributed by atoms with Crippen molar-refractivity contribution in [2.24, 2.45) is 0 Å². The number of carbonyl (C=O) groups is 1. The highest BCUT2D eigenvalue weighted by Crippen LogP contribution is 2.27. The number of nitrogens with one attached hydrogen (secondary N) is 2. The van der Waals surface area contributed by atoms with E-state index in [2.05, 4.69) is 20.6 Å². The van der Waals surface area contributed by atoms with Gasteiger partial charge in [-0.15, -0.1) is 0 Å². The van der Waals surface area contributed by atoms with Crippen molar-refractivity contribution >= 4 is 17.5 Å². The Kier molecular flexibility index (Phi) is 6.41. The summed E-state index contributed by atoms with van der Waals surface area (Å²) >= 11 is 0. The van der Waals surface area contributed by atoms with Crippen LogP contribution in [-0.2, 0) is 6.42 Å². The Morgan fingerprint density at radius 3 is 2.36 bits per heavy atom. The second-order valence-corrected chi connectivity index (χ2v) is 5.98. The third kappa shape index (κ3) is 4.97. The second-order valence-electron chi connectivity index (χ2n) is 5.98. The molecule has 7 heteroatoms. The Balaban J connectivity index is 1.52. The molecule has 0 atom stereocenters. The number of benzene rings is 2. The van der Waals surface area contributed by atoms with Gasteiger partial charge in [-0.1, -0.05) is 24.3 Å². The van der Waals surface area contributed by atoms with Crippen LogP contribution in [0.1, 0.15) is 15.9 Å². The summed E-state index contributed by atoms with van der Waals surface area (Å²) in [5, 5.41) is 5.95. The van der Waals surface area contributed by atoms with E-state index in [0.717, 1.165) is 17.7 Å². The van der Waals surface area contributed by atoms with Crippen molar-refractivity contribution in [3.05, 3.63) is 72.1 Å². The standard InChI is InChI=1S/C21H22N4O3/c1-27-18-9-8-15(12-19(18)28-2)10-11-22-21-23-13-16(14-24-21)20(26)25-17-6-4-3-5-7-17/h3-9,12-14H,10-11H2,1-2H3,(H,25,26)(H,22,23,24). The minimum absolute atomic E-state index is 0.247. The van der Waals surface area contributed by atoms with E-state index in [1.165, 1.54) is 12.4 Å². The molecule has 0 aliphatic heterocycles. The molecule has 28 heavy (non-hydrogen) atoms. The highest BCUT2D eigenvalue weighted by atomic mass is 16.5. The molecule has 0 spiro atoms. The van der Waals surface area contributed by atoms with E-state index < -0.39 is 0 Å². The first-order valence-corrected chi connectivity index (χ1v) is 8.83. The Hall–Kier alpha value is -3.61. The fourth-order valence-corrected chi connectivity index (χ4v) is 2.62. The van der Waals surface area contributed by atoms with Crippen molar-refractivity contribution in [1.29, 1.82) is 0 Å². The van der Waals surface area contributed by atoms with Crippen LogP contribution in [0.5, 0.6) is 11.5 Å². The number of para-hydroxylation sites is 1. The summed E-state index contributed by atoms with van der Waals surface area (Å²) in [4.78, 5) is 20.6.